The Bertz CT molecular complexity index is 733. The highest BCUT2D eigenvalue weighted by Gasteiger charge is 2.15. The van der Waals surface area contributed by atoms with Gasteiger partial charge in [0.05, 0.1) is 19.8 Å². The first-order valence-electron chi connectivity index (χ1n) is 7.09. The molecule has 0 atom stereocenters. The van der Waals surface area contributed by atoms with Crippen molar-refractivity contribution in [3.8, 4) is 11.5 Å². The molecule has 0 fully saturated rings. The molecule has 2 rings (SSSR count). The smallest absolute Gasteiger partial charge is 0.252 e. The molecular weight excluding hydrogens is 464 g/mol. The molecule has 128 valence electrons. The number of carbonyl (C=O) groups is 1. The van der Waals surface area contributed by atoms with Crippen LogP contribution in [-0.4, -0.2) is 26.7 Å². The number of hydrogen-bond donors (Lipinski definition) is 1. The second-order valence-corrected chi connectivity index (χ2v) is 7.01. The summed E-state index contributed by atoms with van der Waals surface area (Å²) in [5, 5.41) is 4.05. The summed E-state index contributed by atoms with van der Waals surface area (Å²) in [4.78, 5) is 12.4. The highest BCUT2D eigenvalue weighted by molar-refractivity contribution is 14.1. The lowest BCUT2D eigenvalue weighted by Gasteiger charge is -2.12. The van der Waals surface area contributed by atoms with E-state index in [0.29, 0.717) is 40.1 Å². The van der Waals surface area contributed by atoms with E-state index < -0.39 is 0 Å². The lowest BCUT2D eigenvalue weighted by molar-refractivity contribution is 0.0953. The molecule has 0 saturated heterocycles. The summed E-state index contributed by atoms with van der Waals surface area (Å²) in [5.41, 5.74) is 1.51. The van der Waals surface area contributed by atoms with E-state index in [1.54, 1.807) is 25.3 Å². The quantitative estimate of drug-likeness (QED) is 0.616. The van der Waals surface area contributed by atoms with Gasteiger partial charge in [-0.2, -0.15) is 0 Å². The Kier molecular flexibility index (Phi) is 7.01. The topological polar surface area (TPSA) is 47.6 Å². The van der Waals surface area contributed by atoms with E-state index in [4.69, 9.17) is 32.7 Å². The van der Waals surface area contributed by atoms with E-state index in [9.17, 15) is 4.79 Å². The van der Waals surface area contributed by atoms with Crippen LogP contribution >= 0.6 is 45.8 Å². The Balaban J connectivity index is 2.04. The van der Waals surface area contributed by atoms with Crippen LogP contribution in [0.15, 0.2) is 30.3 Å². The van der Waals surface area contributed by atoms with E-state index in [1.165, 1.54) is 7.11 Å². The number of halogens is 3. The summed E-state index contributed by atoms with van der Waals surface area (Å²) in [5.74, 6) is 0.935. The van der Waals surface area contributed by atoms with Crippen LogP contribution in [0, 0.1) is 3.57 Å². The maximum absolute atomic E-state index is 12.4. The fraction of sp³-hybridized carbons (Fsp3) is 0.235. The minimum absolute atomic E-state index is 0.173. The van der Waals surface area contributed by atoms with Gasteiger partial charge in [0.15, 0.2) is 11.5 Å². The largest absolute Gasteiger partial charge is 0.493 e. The molecule has 0 radical (unpaired) electrons. The van der Waals surface area contributed by atoms with Crippen molar-refractivity contribution in [2.75, 3.05) is 20.8 Å². The molecule has 2 aromatic rings. The molecule has 0 unspecified atom stereocenters. The van der Waals surface area contributed by atoms with Crippen LogP contribution in [0.4, 0.5) is 0 Å². The summed E-state index contributed by atoms with van der Waals surface area (Å²) in [7, 11) is 3.10. The highest BCUT2D eigenvalue weighted by atomic mass is 127. The zero-order valence-corrected chi connectivity index (χ0v) is 16.8. The molecule has 7 heteroatoms. The van der Waals surface area contributed by atoms with Gasteiger partial charge in [-0.05, 0) is 64.9 Å². The molecule has 0 aliphatic rings. The lowest BCUT2D eigenvalue weighted by atomic mass is 10.1. The highest BCUT2D eigenvalue weighted by Crippen LogP contribution is 2.31. The fourth-order valence-corrected chi connectivity index (χ4v) is 3.45. The summed E-state index contributed by atoms with van der Waals surface area (Å²) in [6.07, 6.45) is 0.635. The minimum atomic E-state index is -0.173. The number of amides is 1. The standard InChI is InChI=1S/C17H16Cl2INO3/c1-23-15-8-13(14(20)9-16(15)24-2)17(22)21-4-3-10-5-11(18)7-12(19)6-10/h5-9H,3-4H2,1-2H3,(H,21,22). The third kappa shape index (κ3) is 4.91. The monoisotopic (exact) mass is 479 g/mol. The van der Waals surface area contributed by atoms with Gasteiger partial charge >= 0.3 is 0 Å². The zero-order valence-electron chi connectivity index (χ0n) is 13.2. The van der Waals surface area contributed by atoms with Gasteiger partial charge in [0.1, 0.15) is 0 Å². The molecule has 0 aliphatic heterocycles. The first-order valence-corrected chi connectivity index (χ1v) is 8.92. The molecule has 0 spiro atoms. The molecule has 0 saturated carbocycles. The first kappa shape index (κ1) is 19.1. The van der Waals surface area contributed by atoms with Crippen LogP contribution in [0.3, 0.4) is 0 Å². The second kappa shape index (κ2) is 8.78. The average Bonchev–Trinajstić information content (AvgIpc) is 2.53. The predicted octanol–water partition coefficient (Wildman–Crippen LogP) is 4.59. The van der Waals surface area contributed by atoms with Gasteiger partial charge in [-0.15, -0.1) is 0 Å². The molecule has 4 nitrogen and oxygen atoms in total. The van der Waals surface area contributed by atoms with Gasteiger partial charge in [-0.1, -0.05) is 23.2 Å². The van der Waals surface area contributed by atoms with Crippen LogP contribution in [-0.2, 0) is 6.42 Å². The van der Waals surface area contributed by atoms with Crippen molar-refractivity contribution in [3.05, 3.63) is 55.1 Å². The van der Waals surface area contributed by atoms with Crippen LogP contribution in [0.2, 0.25) is 10.0 Å². The summed E-state index contributed by atoms with van der Waals surface area (Å²) < 4.78 is 11.3. The number of carbonyl (C=O) groups excluding carboxylic acids is 1. The number of hydrogen-bond acceptors (Lipinski definition) is 3. The summed E-state index contributed by atoms with van der Waals surface area (Å²) in [6, 6.07) is 8.79. The predicted molar refractivity (Wildman–Crippen MR) is 105 cm³/mol. The Labute approximate surface area is 164 Å². The molecule has 0 bridgehead atoms. The number of rotatable bonds is 6. The number of methoxy groups -OCH3 is 2. The Morgan fingerprint density at radius 3 is 2.21 bits per heavy atom. The molecule has 1 amide bonds. The second-order valence-electron chi connectivity index (χ2n) is 4.97. The fourth-order valence-electron chi connectivity index (χ4n) is 2.20. The van der Waals surface area contributed by atoms with E-state index in [2.05, 4.69) is 27.9 Å². The maximum Gasteiger partial charge on any atom is 0.252 e. The van der Waals surface area contributed by atoms with Crippen LogP contribution < -0.4 is 14.8 Å². The summed E-state index contributed by atoms with van der Waals surface area (Å²) >= 11 is 14.0. The molecule has 1 N–H and O–H groups in total. The molecule has 0 aromatic heterocycles. The normalized spacial score (nSPS) is 10.4. The van der Waals surface area contributed by atoms with E-state index in [1.807, 2.05) is 12.1 Å². The zero-order chi connectivity index (χ0) is 17.7. The van der Waals surface area contributed by atoms with Gasteiger partial charge < -0.3 is 14.8 Å². The van der Waals surface area contributed by atoms with Gasteiger partial charge in [-0.3, -0.25) is 4.79 Å². The molecule has 0 aliphatic carbocycles. The third-order valence-electron chi connectivity index (χ3n) is 3.34. The van der Waals surface area contributed by atoms with E-state index in [-0.39, 0.29) is 5.91 Å². The summed E-state index contributed by atoms with van der Waals surface area (Å²) in [6.45, 7) is 0.472. The molecule has 2 aromatic carbocycles. The Hall–Kier alpha value is -1.18. The van der Waals surface area contributed by atoms with Crippen LogP contribution in [0.25, 0.3) is 0 Å². The number of nitrogens with one attached hydrogen (secondary N) is 1. The van der Waals surface area contributed by atoms with Gasteiger partial charge in [-0.25, -0.2) is 0 Å². The Morgan fingerprint density at radius 2 is 1.62 bits per heavy atom. The average molecular weight is 480 g/mol. The molecular formula is C17H16Cl2INO3. The van der Waals surface area contributed by atoms with Gasteiger partial charge in [0.2, 0.25) is 0 Å². The van der Waals surface area contributed by atoms with Crippen molar-refractivity contribution in [2.24, 2.45) is 0 Å². The van der Waals surface area contributed by atoms with E-state index in [0.717, 1.165) is 9.13 Å². The lowest BCUT2D eigenvalue weighted by Crippen LogP contribution is -2.26. The SMILES string of the molecule is COc1cc(I)c(C(=O)NCCc2cc(Cl)cc(Cl)c2)cc1OC. The third-order valence-corrected chi connectivity index (χ3v) is 4.67. The molecule has 24 heavy (non-hydrogen) atoms. The number of ether oxygens (including phenoxy) is 2. The van der Waals surface area contributed by atoms with Crippen molar-refractivity contribution in [2.45, 2.75) is 6.42 Å². The van der Waals surface area contributed by atoms with Crippen molar-refractivity contribution in [3.63, 3.8) is 0 Å². The van der Waals surface area contributed by atoms with Crippen molar-refractivity contribution in [1.29, 1.82) is 0 Å². The number of benzene rings is 2. The first-order chi connectivity index (χ1) is 11.4. The maximum atomic E-state index is 12.4. The van der Waals surface area contributed by atoms with Gasteiger partial charge in [0.25, 0.3) is 5.91 Å². The van der Waals surface area contributed by atoms with Crippen LogP contribution in [0.1, 0.15) is 15.9 Å². The van der Waals surface area contributed by atoms with Crippen molar-refractivity contribution < 1.29 is 14.3 Å². The molecule has 0 heterocycles. The van der Waals surface area contributed by atoms with Crippen molar-refractivity contribution >= 4 is 51.7 Å². The van der Waals surface area contributed by atoms with E-state index >= 15 is 0 Å². The Morgan fingerprint density at radius 1 is 1.04 bits per heavy atom. The minimum Gasteiger partial charge on any atom is -0.493 e. The van der Waals surface area contributed by atoms with Crippen LogP contribution in [0.5, 0.6) is 11.5 Å². The van der Waals surface area contributed by atoms with Crippen molar-refractivity contribution in [1.82, 2.24) is 5.32 Å². The van der Waals surface area contributed by atoms with Gasteiger partial charge in [0, 0.05) is 20.2 Å².